The van der Waals surface area contributed by atoms with Crippen molar-refractivity contribution in [3.05, 3.63) is 35.4 Å². The summed E-state index contributed by atoms with van der Waals surface area (Å²) in [5.41, 5.74) is 2.54. The van der Waals surface area contributed by atoms with Crippen LogP contribution in [0.2, 0.25) is 0 Å². The topological polar surface area (TPSA) is 18.5 Å². The van der Waals surface area contributed by atoms with Gasteiger partial charge in [0.2, 0.25) is 0 Å². The summed E-state index contributed by atoms with van der Waals surface area (Å²) in [6.45, 7) is 14.3. The summed E-state index contributed by atoms with van der Waals surface area (Å²) in [4.78, 5) is 0. The first-order valence-corrected chi connectivity index (χ1v) is 8.35. The lowest BCUT2D eigenvalue weighted by Gasteiger charge is -2.18. The second-order valence-corrected chi connectivity index (χ2v) is 6.30. The van der Waals surface area contributed by atoms with Crippen LogP contribution in [-0.4, -0.2) is 13.2 Å². The van der Waals surface area contributed by atoms with Gasteiger partial charge >= 0.3 is 0 Å². The summed E-state index contributed by atoms with van der Waals surface area (Å²) in [6.07, 6.45) is 0. The van der Waals surface area contributed by atoms with Crippen molar-refractivity contribution in [3.63, 3.8) is 0 Å². The van der Waals surface area contributed by atoms with Gasteiger partial charge in [-0.25, -0.2) is 0 Å². The minimum absolute atomic E-state index is 0.444. The molecule has 0 saturated heterocycles. The molecule has 2 aromatic carbocycles. The third-order valence-corrected chi connectivity index (χ3v) is 3.94. The average Bonchev–Trinajstić information content (AvgIpc) is 2.46. The molecular weight excluding hydrogens is 272 g/mol. The molecule has 0 fully saturated rings. The molecule has 0 spiro atoms. The van der Waals surface area contributed by atoms with Gasteiger partial charge in [-0.3, -0.25) is 0 Å². The van der Waals surface area contributed by atoms with Gasteiger partial charge in [0.25, 0.3) is 0 Å². The van der Waals surface area contributed by atoms with Crippen molar-refractivity contribution in [2.75, 3.05) is 13.2 Å². The molecule has 0 heterocycles. The zero-order chi connectivity index (χ0) is 16.3. The SMILES string of the molecule is CCOc1cc2cc(OCC)c(C(C)C)cc2cc1C(C)C. The Morgan fingerprint density at radius 1 is 0.682 bits per heavy atom. The number of hydrogen-bond donors (Lipinski definition) is 0. The first-order chi connectivity index (χ1) is 10.5. The molecular formula is C20H28O2. The van der Waals surface area contributed by atoms with Gasteiger partial charge in [0.1, 0.15) is 11.5 Å². The van der Waals surface area contributed by atoms with Crippen LogP contribution < -0.4 is 9.47 Å². The van der Waals surface area contributed by atoms with Gasteiger partial charge in [-0.1, -0.05) is 27.7 Å². The number of benzene rings is 2. The van der Waals surface area contributed by atoms with Gasteiger partial charge in [-0.15, -0.1) is 0 Å². The minimum atomic E-state index is 0.444. The molecule has 0 atom stereocenters. The van der Waals surface area contributed by atoms with Crippen LogP contribution in [0.4, 0.5) is 0 Å². The Labute approximate surface area is 134 Å². The summed E-state index contributed by atoms with van der Waals surface area (Å²) in [5.74, 6) is 2.87. The molecule has 0 unspecified atom stereocenters. The van der Waals surface area contributed by atoms with E-state index in [-0.39, 0.29) is 0 Å². The fourth-order valence-electron chi connectivity index (χ4n) is 2.81. The van der Waals surface area contributed by atoms with Crippen LogP contribution in [0.5, 0.6) is 11.5 Å². The second-order valence-electron chi connectivity index (χ2n) is 6.30. The predicted molar refractivity (Wildman–Crippen MR) is 94.5 cm³/mol. The molecule has 22 heavy (non-hydrogen) atoms. The zero-order valence-electron chi connectivity index (χ0n) is 14.7. The van der Waals surface area contributed by atoms with E-state index in [1.54, 1.807) is 0 Å². The molecule has 0 aliphatic rings. The van der Waals surface area contributed by atoms with Gasteiger partial charge in [-0.2, -0.15) is 0 Å². The Balaban J connectivity index is 2.66. The Hall–Kier alpha value is -1.70. The van der Waals surface area contributed by atoms with Crippen LogP contribution >= 0.6 is 0 Å². The predicted octanol–water partition coefficient (Wildman–Crippen LogP) is 5.88. The van der Waals surface area contributed by atoms with Crippen molar-refractivity contribution < 1.29 is 9.47 Å². The lowest BCUT2D eigenvalue weighted by Crippen LogP contribution is -2.01. The van der Waals surface area contributed by atoms with E-state index in [0.29, 0.717) is 25.0 Å². The summed E-state index contributed by atoms with van der Waals surface area (Å²) >= 11 is 0. The van der Waals surface area contributed by atoms with Gasteiger partial charge in [-0.05, 0) is 71.8 Å². The monoisotopic (exact) mass is 300 g/mol. The highest BCUT2D eigenvalue weighted by molar-refractivity contribution is 5.87. The van der Waals surface area contributed by atoms with E-state index in [9.17, 15) is 0 Å². The highest BCUT2D eigenvalue weighted by atomic mass is 16.5. The van der Waals surface area contributed by atoms with Gasteiger partial charge < -0.3 is 9.47 Å². The van der Waals surface area contributed by atoms with E-state index in [2.05, 4.69) is 52.0 Å². The van der Waals surface area contributed by atoms with E-state index in [1.807, 2.05) is 13.8 Å². The summed E-state index contributed by atoms with van der Waals surface area (Å²) in [5, 5.41) is 2.44. The lowest BCUT2D eigenvalue weighted by molar-refractivity contribution is 0.334. The third-order valence-electron chi connectivity index (χ3n) is 3.94. The maximum Gasteiger partial charge on any atom is 0.123 e. The van der Waals surface area contributed by atoms with E-state index in [0.717, 1.165) is 11.5 Å². The molecule has 120 valence electrons. The summed E-state index contributed by atoms with van der Waals surface area (Å²) in [6, 6.07) is 8.85. The van der Waals surface area contributed by atoms with Crippen LogP contribution in [0.1, 0.15) is 64.5 Å². The molecule has 0 saturated carbocycles. The highest BCUT2D eigenvalue weighted by Crippen LogP contribution is 2.36. The van der Waals surface area contributed by atoms with Gasteiger partial charge in [0, 0.05) is 0 Å². The van der Waals surface area contributed by atoms with Crippen molar-refractivity contribution >= 4 is 10.8 Å². The molecule has 2 rings (SSSR count). The maximum absolute atomic E-state index is 5.84. The van der Waals surface area contributed by atoms with Crippen molar-refractivity contribution in [2.24, 2.45) is 0 Å². The zero-order valence-corrected chi connectivity index (χ0v) is 14.7. The summed E-state index contributed by atoms with van der Waals surface area (Å²) in [7, 11) is 0. The molecule has 2 heteroatoms. The molecule has 0 radical (unpaired) electrons. The van der Waals surface area contributed by atoms with Crippen LogP contribution in [0.3, 0.4) is 0 Å². The molecule has 2 nitrogen and oxygen atoms in total. The van der Waals surface area contributed by atoms with E-state index < -0.39 is 0 Å². The average molecular weight is 300 g/mol. The Kier molecular flexibility index (Phi) is 5.33. The Morgan fingerprint density at radius 2 is 1.05 bits per heavy atom. The molecule has 0 N–H and O–H groups in total. The Bertz CT molecular complexity index is 589. The van der Waals surface area contributed by atoms with Crippen LogP contribution in [0.15, 0.2) is 24.3 Å². The number of rotatable bonds is 6. The van der Waals surface area contributed by atoms with Crippen LogP contribution in [0.25, 0.3) is 10.8 Å². The first-order valence-electron chi connectivity index (χ1n) is 8.35. The second kappa shape index (κ2) is 7.04. The molecule has 0 aliphatic heterocycles. The highest BCUT2D eigenvalue weighted by Gasteiger charge is 2.14. The first kappa shape index (κ1) is 16.7. The lowest BCUT2D eigenvalue weighted by atomic mass is 9.94. The van der Waals surface area contributed by atoms with Gasteiger partial charge in [0.05, 0.1) is 13.2 Å². The van der Waals surface area contributed by atoms with E-state index in [1.165, 1.54) is 21.9 Å². The summed E-state index contributed by atoms with van der Waals surface area (Å²) < 4.78 is 11.7. The van der Waals surface area contributed by atoms with Crippen molar-refractivity contribution in [3.8, 4) is 11.5 Å². The fraction of sp³-hybridized carbons (Fsp3) is 0.500. The molecule has 0 aromatic heterocycles. The quantitative estimate of drug-likeness (QED) is 0.662. The minimum Gasteiger partial charge on any atom is -0.494 e. The fourth-order valence-corrected chi connectivity index (χ4v) is 2.81. The molecule has 0 amide bonds. The van der Waals surface area contributed by atoms with Crippen molar-refractivity contribution in [2.45, 2.75) is 53.4 Å². The molecule has 2 aromatic rings. The molecule has 0 aliphatic carbocycles. The number of ether oxygens (including phenoxy) is 2. The van der Waals surface area contributed by atoms with Crippen LogP contribution in [0, 0.1) is 0 Å². The van der Waals surface area contributed by atoms with Crippen molar-refractivity contribution in [1.29, 1.82) is 0 Å². The molecule has 0 bridgehead atoms. The largest absolute Gasteiger partial charge is 0.494 e. The smallest absolute Gasteiger partial charge is 0.123 e. The Morgan fingerprint density at radius 3 is 1.36 bits per heavy atom. The van der Waals surface area contributed by atoms with Crippen molar-refractivity contribution in [1.82, 2.24) is 0 Å². The van der Waals surface area contributed by atoms with E-state index in [4.69, 9.17) is 9.47 Å². The maximum atomic E-state index is 5.84. The van der Waals surface area contributed by atoms with E-state index >= 15 is 0 Å². The standard InChI is InChI=1S/C20H28O2/c1-7-21-19-11-16-12-20(22-8-2)18(14(5)6)10-15(16)9-17(19)13(3)4/h9-14H,7-8H2,1-6H3. The number of fused-ring (bicyclic) bond motifs is 1. The number of hydrogen-bond acceptors (Lipinski definition) is 2. The van der Waals surface area contributed by atoms with Crippen LogP contribution in [-0.2, 0) is 0 Å². The third kappa shape index (κ3) is 3.37. The normalized spacial score (nSPS) is 11.5. The van der Waals surface area contributed by atoms with Gasteiger partial charge in [0.15, 0.2) is 0 Å².